The maximum atomic E-state index is 13.1. The molecule has 2 aliphatic rings. The molecule has 0 aromatic heterocycles. The first-order chi connectivity index (χ1) is 38.6. The topological polar surface area (TPSA) is 214 Å². The summed E-state index contributed by atoms with van der Waals surface area (Å²) in [5.74, 6) is -0.377. The molecule has 11 unspecified atom stereocenters. The fourth-order valence-corrected chi connectivity index (χ4v) is 10.1. The highest BCUT2D eigenvalue weighted by Crippen LogP contribution is 2.27. The van der Waals surface area contributed by atoms with Crippen molar-refractivity contribution in [2.24, 2.45) is 0 Å². The molecule has 0 saturated carbocycles. The SMILES string of the molecule is CCCCC/C=C\C/C=C\C/C=C\CCCCCCCCCOCC(COC1OC(COC2OC(CO)C(O)C(O)C2O)C(O)C(O)C1O)OC(=O)CCCCCCCCCCCCCCC/C=C\CCCCCCCCCC. The quantitative estimate of drug-likeness (QED) is 0.0172. The zero-order chi connectivity index (χ0) is 57.2. The van der Waals surface area contributed by atoms with Gasteiger partial charge in [-0.25, -0.2) is 0 Å². The smallest absolute Gasteiger partial charge is 0.306 e. The molecule has 14 nitrogen and oxygen atoms in total. The standard InChI is InChI=1S/C65H118O14/c1-3-5-7-9-11-13-15-17-19-21-23-25-26-27-28-29-30-32-34-36-38-40-42-44-46-48-57(67)77-54(51-74-49-47-45-43-41-39-37-35-33-31-24-22-20-18-16-14-12-10-8-6-4-2)52-75-64-63(73)61(71)59(69)56(79-64)53-76-65-62(72)60(70)58(68)55(50-66)78-65/h12,14,18,20-21,23-24,31,54-56,58-66,68-73H,3-11,13,15-17,19,22,25-30,32-53H2,1-2H3/b14-12-,20-18-,23-21-,31-24-. The van der Waals surface area contributed by atoms with E-state index in [-0.39, 0.29) is 25.6 Å². The maximum absolute atomic E-state index is 13.1. The van der Waals surface area contributed by atoms with Crippen molar-refractivity contribution in [1.82, 2.24) is 0 Å². The van der Waals surface area contributed by atoms with Crippen molar-refractivity contribution < 1.29 is 69.0 Å². The lowest BCUT2D eigenvalue weighted by Crippen LogP contribution is -2.61. The molecule has 11 atom stereocenters. The van der Waals surface area contributed by atoms with Crippen LogP contribution in [0.2, 0.25) is 0 Å². The summed E-state index contributed by atoms with van der Waals surface area (Å²) in [6.07, 6.45) is 47.4. The van der Waals surface area contributed by atoms with Crippen molar-refractivity contribution in [3.8, 4) is 0 Å². The van der Waals surface area contributed by atoms with Gasteiger partial charge in [0.05, 0.1) is 26.4 Å². The molecule has 0 amide bonds. The number of rotatable bonds is 53. The minimum atomic E-state index is -1.71. The van der Waals surface area contributed by atoms with Crippen LogP contribution in [0.5, 0.6) is 0 Å². The fraction of sp³-hybridized carbons (Fsp3) is 0.862. The lowest BCUT2D eigenvalue weighted by Gasteiger charge is -2.42. The van der Waals surface area contributed by atoms with E-state index in [9.17, 15) is 40.5 Å². The molecular weight excluding hydrogens is 1000 g/mol. The van der Waals surface area contributed by atoms with Gasteiger partial charge in [0.15, 0.2) is 12.6 Å². The summed E-state index contributed by atoms with van der Waals surface area (Å²) in [6.45, 7) is 3.68. The van der Waals surface area contributed by atoms with Crippen LogP contribution in [0.3, 0.4) is 0 Å². The number of aliphatic hydroxyl groups is 7. The van der Waals surface area contributed by atoms with Gasteiger partial charge in [-0.2, -0.15) is 0 Å². The number of hydrogen-bond acceptors (Lipinski definition) is 14. The van der Waals surface area contributed by atoms with E-state index in [4.69, 9.17) is 28.4 Å². The zero-order valence-corrected chi connectivity index (χ0v) is 49.9. The molecule has 7 N–H and O–H groups in total. The fourth-order valence-electron chi connectivity index (χ4n) is 10.1. The minimum Gasteiger partial charge on any atom is -0.457 e. The van der Waals surface area contributed by atoms with Crippen LogP contribution in [0.25, 0.3) is 0 Å². The lowest BCUT2D eigenvalue weighted by atomic mass is 9.98. The predicted octanol–water partition coefficient (Wildman–Crippen LogP) is 12.6. The first kappa shape index (κ1) is 73.1. The van der Waals surface area contributed by atoms with Gasteiger partial charge in [0, 0.05) is 13.0 Å². The lowest BCUT2D eigenvalue weighted by molar-refractivity contribution is -0.332. The van der Waals surface area contributed by atoms with Crippen LogP contribution in [0, 0.1) is 0 Å². The summed E-state index contributed by atoms with van der Waals surface area (Å²) in [4.78, 5) is 13.1. The van der Waals surface area contributed by atoms with Gasteiger partial charge in [0.2, 0.25) is 0 Å². The van der Waals surface area contributed by atoms with Crippen molar-refractivity contribution in [2.45, 2.75) is 325 Å². The number of unbranched alkanes of at least 4 members (excludes halogenated alkanes) is 31. The van der Waals surface area contributed by atoms with Crippen molar-refractivity contribution in [2.75, 3.05) is 33.0 Å². The summed E-state index contributed by atoms with van der Waals surface area (Å²) < 4.78 is 34.5. The van der Waals surface area contributed by atoms with Crippen LogP contribution in [0.4, 0.5) is 0 Å². The van der Waals surface area contributed by atoms with E-state index < -0.39 is 80.7 Å². The van der Waals surface area contributed by atoms with E-state index in [1.54, 1.807) is 0 Å². The summed E-state index contributed by atoms with van der Waals surface area (Å²) in [7, 11) is 0. The highest BCUT2D eigenvalue weighted by molar-refractivity contribution is 5.69. The number of allylic oxidation sites excluding steroid dienone is 8. The van der Waals surface area contributed by atoms with Gasteiger partial charge in [0.1, 0.15) is 54.9 Å². The van der Waals surface area contributed by atoms with Crippen molar-refractivity contribution in [1.29, 1.82) is 0 Å². The van der Waals surface area contributed by atoms with Crippen molar-refractivity contribution >= 4 is 5.97 Å². The van der Waals surface area contributed by atoms with Gasteiger partial charge in [0.25, 0.3) is 0 Å². The first-order valence-corrected chi connectivity index (χ1v) is 32.2. The summed E-state index contributed by atoms with van der Waals surface area (Å²) in [6, 6.07) is 0. The molecule has 0 bridgehead atoms. The molecule has 0 aromatic rings. The van der Waals surface area contributed by atoms with Gasteiger partial charge < -0.3 is 64.2 Å². The number of hydrogen-bond donors (Lipinski definition) is 7. The molecule has 2 rings (SSSR count). The van der Waals surface area contributed by atoms with Crippen molar-refractivity contribution in [3.05, 3.63) is 48.6 Å². The Morgan fingerprint density at radius 2 is 0.785 bits per heavy atom. The second kappa shape index (κ2) is 51.6. The third-order valence-corrected chi connectivity index (χ3v) is 15.3. The van der Waals surface area contributed by atoms with Crippen LogP contribution in [0.15, 0.2) is 48.6 Å². The molecule has 14 heteroatoms. The average molecular weight is 1120 g/mol. The van der Waals surface area contributed by atoms with E-state index in [0.29, 0.717) is 13.0 Å². The van der Waals surface area contributed by atoms with Gasteiger partial charge in [-0.1, -0.05) is 223 Å². The van der Waals surface area contributed by atoms with Gasteiger partial charge >= 0.3 is 5.97 Å². The van der Waals surface area contributed by atoms with Gasteiger partial charge in [-0.05, 0) is 77.0 Å². The summed E-state index contributed by atoms with van der Waals surface area (Å²) in [5.41, 5.74) is 0. The Balaban J connectivity index is 1.67. The monoisotopic (exact) mass is 1120 g/mol. The largest absolute Gasteiger partial charge is 0.457 e. The van der Waals surface area contributed by atoms with Crippen LogP contribution >= 0.6 is 0 Å². The molecule has 2 heterocycles. The number of carbonyl (C=O) groups excluding carboxylic acids is 1. The van der Waals surface area contributed by atoms with Crippen LogP contribution in [-0.4, -0.2) is 142 Å². The van der Waals surface area contributed by atoms with Crippen LogP contribution in [0.1, 0.15) is 258 Å². The molecule has 0 spiro atoms. The van der Waals surface area contributed by atoms with Crippen LogP contribution < -0.4 is 0 Å². The van der Waals surface area contributed by atoms with Crippen LogP contribution in [-0.2, 0) is 33.2 Å². The summed E-state index contributed by atoms with van der Waals surface area (Å²) in [5, 5.41) is 72.5. The molecule has 0 radical (unpaired) electrons. The molecular formula is C65H118O14. The Morgan fingerprint density at radius 1 is 0.418 bits per heavy atom. The zero-order valence-electron chi connectivity index (χ0n) is 49.9. The highest BCUT2D eigenvalue weighted by atomic mass is 16.7. The Labute approximate surface area is 480 Å². The molecule has 79 heavy (non-hydrogen) atoms. The second-order valence-electron chi connectivity index (χ2n) is 22.6. The van der Waals surface area contributed by atoms with E-state index in [1.165, 1.54) is 173 Å². The Morgan fingerprint density at radius 3 is 1.27 bits per heavy atom. The summed E-state index contributed by atoms with van der Waals surface area (Å²) >= 11 is 0. The van der Waals surface area contributed by atoms with E-state index in [1.807, 2.05) is 0 Å². The number of ether oxygens (including phenoxy) is 6. The Kier molecular flexibility index (Phi) is 47.7. The molecule has 2 fully saturated rings. The molecule has 0 aromatic carbocycles. The highest BCUT2D eigenvalue weighted by Gasteiger charge is 2.47. The number of aliphatic hydroxyl groups excluding tert-OH is 7. The molecule has 2 saturated heterocycles. The maximum Gasteiger partial charge on any atom is 0.306 e. The third-order valence-electron chi connectivity index (χ3n) is 15.3. The van der Waals surface area contributed by atoms with Gasteiger partial charge in [-0.3, -0.25) is 4.79 Å². The van der Waals surface area contributed by atoms with Gasteiger partial charge in [-0.15, -0.1) is 0 Å². The normalized spacial score (nSPS) is 24.3. The Hall–Kier alpha value is -2.05. The number of carbonyl (C=O) groups is 1. The first-order valence-electron chi connectivity index (χ1n) is 32.2. The number of esters is 1. The van der Waals surface area contributed by atoms with E-state index in [0.717, 1.165) is 57.8 Å². The molecule has 462 valence electrons. The third kappa shape index (κ3) is 37.7. The molecule has 0 aliphatic carbocycles. The van der Waals surface area contributed by atoms with Crippen molar-refractivity contribution in [3.63, 3.8) is 0 Å². The van der Waals surface area contributed by atoms with E-state index >= 15 is 0 Å². The second-order valence-corrected chi connectivity index (χ2v) is 22.6. The minimum absolute atomic E-state index is 0.0555. The molecule has 2 aliphatic heterocycles. The predicted molar refractivity (Wildman–Crippen MR) is 316 cm³/mol. The average Bonchev–Trinajstić information content (AvgIpc) is 3.46. The Bertz CT molecular complexity index is 1490. The van der Waals surface area contributed by atoms with E-state index in [2.05, 4.69) is 62.5 Å².